The van der Waals surface area contributed by atoms with Gasteiger partial charge in [-0.25, -0.2) is 8.42 Å². The number of benzene rings is 1. The van der Waals surface area contributed by atoms with Crippen LogP contribution in [0.4, 0.5) is 18.9 Å². The minimum absolute atomic E-state index is 0.0468. The van der Waals surface area contributed by atoms with E-state index in [0.29, 0.717) is 27.9 Å². The van der Waals surface area contributed by atoms with Gasteiger partial charge in [0.15, 0.2) is 0 Å². The zero-order valence-electron chi connectivity index (χ0n) is 16.2. The number of aryl methyl sites for hydroxylation is 1. The van der Waals surface area contributed by atoms with Gasteiger partial charge in [-0.05, 0) is 37.3 Å². The summed E-state index contributed by atoms with van der Waals surface area (Å²) in [4.78, 5) is 2.92. The number of thiophene rings is 1. The molecule has 1 saturated heterocycles. The highest BCUT2D eigenvalue weighted by Gasteiger charge is 2.37. The predicted molar refractivity (Wildman–Crippen MR) is 112 cm³/mol. The van der Waals surface area contributed by atoms with E-state index >= 15 is 0 Å². The molecule has 3 aromatic rings. The van der Waals surface area contributed by atoms with Crippen molar-refractivity contribution in [1.82, 2.24) is 9.46 Å². The van der Waals surface area contributed by atoms with E-state index in [-0.39, 0.29) is 23.7 Å². The van der Waals surface area contributed by atoms with Crippen molar-refractivity contribution in [3.8, 4) is 10.6 Å². The van der Waals surface area contributed by atoms with E-state index in [9.17, 15) is 21.6 Å². The minimum Gasteiger partial charge on any atom is -0.369 e. The Kier molecular flexibility index (Phi) is 5.80. The Balaban J connectivity index is 1.52. The predicted octanol–water partition coefficient (Wildman–Crippen LogP) is 4.89. The zero-order chi connectivity index (χ0) is 22.4. The van der Waals surface area contributed by atoms with Gasteiger partial charge in [0.2, 0.25) is 15.8 Å². The quantitative estimate of drug-likeness (QED) is 0.519. The second-order valence-corrected chi connectivity index (χ2v) is 10.6. The molecule has 1 aromatic carbocycles. The summed E-state index contributed by atoms with van der Waals surface area (Å²) in [6.07, 6.45) is -4.66. The Morgan fingerprint density at radius 2 is 1.74 bits per heavy atom. The molecule has 166 valence electrons. The lowest BCUT2D eigenvalue weighted by molar-refractivity contribution is -0.155. The molecule has 1 aliphatic heterocycles. The summed E-state index contributed by atoms with van der Waals surface area (Å²) >= 11 is 6.98. The summed E-state index contributed by atoms with van der Waals surface area (Å²) in [5.41, 5.74) is 0.913. The van der Waals surface area contributed by atoms with Gasteiger partial charge in [-0.1, -0.05) is 16.8 Å². The summed E-state index contributed by atoms with van der Waals surface area (Å²) in [6.45, 7) is 3.22. The molecule has 0 saturated carbocycles. The Bertz CT molecular complexity index is 1180. The third-order valence-electron chi connectivity index (χ3n) is 4.96. The summed E-state index contributed by atoms with van der Waals surface area (Å²) in [5, 5.41) is 4.07. The van der Waals surface area contributed by atoms with E-state index in [2.05, 4.69) is 14.6 Å². The van der Waals surface area contributed by atoms with Crippen molar-refractivity contribution in [2.45, 2.75) is 18.0 Å². The fourth-order valence-corrected chi connectivity index (χ4v) is 6.41. The molecule has 0 unspecified atom stereocenters. The molecule has 0 atom stereocenters. The lowest BCUT2D eigenvalue weighted by Crippen LogP contribution is -2.48. The smallest absolute Gasteiger partial charge is 0.369 e. The van der Waals surface area contributed by atoms with E-state index in [1.54, 1.807) is 19.1 Å². The standard InChI is InChI=1S/C19H17ClF3N3O3S2/c1-12-17(11-16(30-12)15-10-18(29-24-15)19(21,22)23)31(27,28)26-8-6-25(7-9-26)14-4-2-13(20)3-5-14/h2-5,10-11H,6-9H2,1H3. The van der Waals surface area contributed by atoms with Gasteiger partial charge in [0, 0.05) is 47.8 Å². The van der Waals surface area contributed by atoms with Crippen molar-refractivity contribution in [1.29, 1.82) is 0 Å². The van der Waals surface area contributed by atoms with Gasteiger partial charge < -0.3 is 9.42 Å². The van der Waals surface area contributed by atoms with Crippen LogP contribution in [0.3, 0.4) is 0 Å². The SMILES string of the molecule is Cc1sc(-c2cc(C(F)(F)F)on2)cc1S(=O)(=O)N1CCN(c2ccc(Cl)cc2)CC1. The maximum Gasteiger partial charge on any atom is 0.452 e. The first kappa shape index (κ1) is 22.1. The third-order valence-corrected chi connectivity index (χ3v) is 8.44. The first-order valence-corrected chi connectivity index (χ1v) is 11.8. The molecule has 0 bridgehead atoms. The Hall–Kier alpha value is -2.08. The van der Waals surface area contributed by atoms with Crippen molar-refractivity contribution in [2.24, 2.45) is 0 Å². The van der Waals surface area contributed by atoms with Gasteiger partial charge in [-0.2, -0.15) is 17.5 Å². The van der Waals surface area contributed by atoms with E-state index in [4.69, 9.17) is 11.6 Å². The molecule has 1 aliphatic rings. The van der Waals surface area contributed by atoms with Crippen LogP contribution in [-0.2, 0) is 16.2 Å². The molecule has 2 aromatic heterocycles. The van der Waals surface area contributed by atoms with Gasteiger partial charge in [-0.3, -0.25) is 0 Å². The topological polar surface area (TPSA) is 66.7 Å². The minimum atomic E-state index is -4.66. The largest absolute Gasteiger partial charge is 0.452 e. The molecule has 0 spiro atoms. The molecule has 31 heavy (non-hydrogen) atoms. The average molecular weight is 492 g/mol. The van der Waals surface area contributed by atoms with Crippen LogP contribution < -0.4 is 4.90 Å². The lowest BCUT2D eigenvalue weighted by Gasteiger charge is -2.35. The highest BCUT2D eigenvalue weighted by molar-refractivity contribution is 7.89. The number of anilines is 1. The molecule has 0 radical (unpaired) electrons. The highest BCUT2D eigenvalue weighted by atomic mass is 35.5. The molecule has 0 aliphatic carbocycles. The normalized spacial score (nSPS) is 16.1. The van der Waals surface area contributed by atoms with Crippen molar-refractivity contribution in [2.75, 3.05) is 31.1 Å². The van der Waals surface area contributed by atoms with Crippen LogP contribution in [0.5, 0.6) is 0 Å². The Labute approximate surface area is 185 Å². The van der Waals surface area contributed by atoms with Crippen molar-refractivity contribution in [3.05, 3.63) is 52.1 Å². The van der Waals surface area contributed by atoms with Gasteiger partial charge in [0.05, 0.1) is 9.77 Å². The monoisotopic (exact) mass is 491 g/mol. The number of piperazine rings is 1. The van der Waals surface area contributed by atoms with Crippen LogP contribution in [0.15, 0.2) is 45.8 Å². The van der Waals surface area contributed by atoms with E-state index < -0.39 is 22.0 Å². The number of sulfonamides is 1. The number of nitrogens with zero attached hydrogens (tertiary/aromatic N) is 3. The number of hydrogen-bond acceptors (Lipinski definition) is 6. The molecule has 1 fully saturated rings. The highest BCUT2D eigenvalue weighted by Crippen LogP contribution is 2.37. The molecule has 3 heterocycles. The van der Waals surface area contributed by atoms with E-state index in [0.717, 1.165) is 23.1 Å². The maximum atomic E-state index is 13.2. The van der Waals surface area contributed by atoms with Gasteiger partial charge in [-0.15, -0.1) is 11.3 Å². The molecular weight excluding hydrogens is 475 g/mol. The zero-order valence-corrected chi connectivity index (χ0v) is 18.6. The molecule has 12 heteroatoms. The number of rotatable bonds is 4. The number of alkyl halides is 3. The number of halogens is 4. The van der Waals surface area contributed by atoms with Crippen LogP contribution in [-0.4, -0.2) is 44.1 Å². The summed E-state index contributed by atoms with van der Waals surface area (Å²) in [6, 6.07) is 9.46. The first-order chi connectivity index (χ1) is 14.6. The van der Waals surface area contributed by atoms with Gasteiger partial charge >= 0.3 is 6.18 Å². The fourth-order valence-electron chi connectivity index (χ4n) is 3.35. The Morgan fingerprint density at radius 1 is 1.10 bits per heavy atom. The van der Waals surface area contributed by atoms with Crippen LogP contribution in [0, 0.1) is 6.92 Å². The second kappa shape index (κ2) is 8.12. The summed E-state index contributed by atoms with van der Waals surface area (Å²) < 4.78 is 70.4. The van der Waals surface area contributed by atoms with E-state index in [1.807, 2.05) is 12.1 Å². The van der Waals surface area contributed by atoms with Crippen LogP contribution in [0.1, 0.15) is 10.6 Å². The average Bonchev–Trinajstić information content (AvgIpc) is 3.36. The van der Waals surface area contributed by atoms with Gasteiger partial charge in [0.1, 0.15) is 5.69 Å². The third kappa shape index (κ3) is 4.45. The van der Waals surface area contributed by atoms with Gasteiger partial charge in [0.25, 0.3) is 0 Å². The van der Waals surface area contributed by atoms with Crippen molar-refractivity contribution in [3.63, 3.8) is 0 Å². The second-order valence-electron chi connectivity index (χ2n) is 6.97. The fraction of sp³-hybridized carbons (Fsp3) is 0.316. The summed E-state index contributed by atoms with van der Waals surface area (Å²) in [5.74, 6) is -1.23. The van der Waals surface area contributed by atoms with Crippen molar-refractivity contribution < 1.29 is 26.1 Å². The molecule has 0 amide bonds. The van der Waals surface area contributed by atoms with Crippen LogP contribution in [0.2, 0.25) is 5.02 Å². The van der Waals surface area contributed by atoms with E-state index in [1.165, 1.54) is 10.4 Å². The first-order valence-electron chi connectivity index (χ1n) is 9.21. The number of hydrogen-bond donors (Lipinski definition) is 0. The number of aromatic nitrogens is 1. The maximum absolute atomic E-state index is 13.2. The molecule has 4 rings (SSSR count). The van der Waals surface area contributed by atoms with Crippen LogP contribution >= 0.6 is 22.9 Å². The summed E-state index contributed by atoms with van der Waals surface area (Å²) in [7, 11) is -3.80. The Morgan fingerprint density at radius 3 is 2.32 bits per heavy atom. The molecular formula is C19H17ClF3N3O3S2. The lowest BCUT2D eigenvalue weighted by atomic mass is 10.2. The van der Waals surface area contributed by atoms with Crippen molar-refractivity contribution >= 4 is 38.6 Å². The molecule has 6 nitrogen and oxygen atoms in total. The van der Waals surface area contributed by atoms with Crippen LogP contribution in [0.25, 0.3) is 10.6 Å². The molecule has 0 N–H and O–H groups in total.